The Kier molecular flexibility index (Phi) is 6.68. The van der Waals surface area contributed by atoms with Crippen LogP contribution >= 0.6 is 34.2 Å². The van der Waals surface area contributed by atoms with Crippen molar-refractivity contribution in [2.45, 2.75) is 40.5 Å². The molecule has 0 radical (unpaired) electrons. The van der Waals surface area contributed by atoms with Crippen LogP contribution in [0.25, 0.3) is 0 Å². The summed E-state index contributed by atoms with van der Waals surface area (Å²) in [6.45, 7) is 7.75. The van der Waals surface area contributed by atoms with Gasteiger partial charge in [0.05, 0.1) is 29.1 Å². The molecule has 0 aliphatic rings. The maximum Gasteiger partial charge on any atom is 0.259 e. The third-order valence-corrected chi connectivity index (χ3v) is 5.13. The molecule has 0 fully saturated rings. The number of methoxy groups -OCH3 is 1. The number of nitrogens with one attached hydrogen (secondary N) is 1. The summed E-state index contributed by atoms with van der Waals surface area (Å²) in [6.07, 6.45) is 1.67. The molecule has 0 saturated heterocycles. The average Bonchev–Trinajstić information content (AvgIpc) is 2.55. The van der Waals surface area contributed by atoms with Gasteiger partial charge in [0.15, 0.2) is 5.75 Å². The molecule has 0 atom stereocenters. The third kappa shape index (κ3) is 4.08. The molecule has 6 heteroatoms. The van der Waals surface area contributed by atoms with E-state index in [1.54, 1.807) is 6.92 Å². The molecule has 134 valence electrons. The highest BCUT2D eigenvalue weighted by molar-refractivity contribution is 14.1. The Balaban J connectivity index is 2.52. The van der Waals surface area contributed by atoms with E-state index in [-0.39, 0.29) is 5.91 Å². The van der Waals surface area contributed by atoms with Crippen molar-refractivity contribution in [3.63, 3.8) is 0 Å². The summed E-state index contributed by atoms with van der Waals surface area (Å²) in [5.41, 5.74) is 4.69. The Morgan fingerprint density at radius 3 is 2.24 bits per heavy atom. The average molecular weight is 473 g/mol. The van der Waals surface area contributed by atoms with Crippen LogP contribution in [0.15, 0.2) is 12.1 Å². The Labute approximate surface area is 167 Å². The molecule has 0 saturated carbocycles. The summed E-state index contributed by atoms with van der Waals surface area (Å²) in [7, 11) is 1.52. The van der Waals surface area contributed by atoms with Crippen molar-refractivity contribution >= 4 is 45.8 Å². The Bertz CT molecular complexity index is 797. The van der Waals surface area contributed by atoms with Gasteiger partial charge < -0.3 is 10.1 Å². The molecule has 1 amide bonds. The zero-order valence-electron chi connectivity index (χ0n) is 15.1. The van der Waals surface area contributed by atoms with Gasteiger partial charge in [-0.15, -0.1) is 0 Å². The predicted molar refractivity (Wildman–Crippen MR) is 111 cm³/mol. The van der Waals surface area contributed by atoms with Gasteiger partial charge in [-0.25, -0.2) is 0 Å². The van der Waals surface area contributed by atoms with Crippen molar-refractivity contribution in [1.82, 2.24) is 4.98 Å². The Morgan fingerprint density at radius 2 is 1.76 bits per heavy atom. The number of anilines is 1. The minimum atomic E-state index is -0.265. The van der Waals surface area contributed by atoms with Gasteiger partial charge in [0, 0.05) is 9.26 Å². The number of pyridine rings is 1. The third-order valence-electron chi connectivity index (χ3n) is 4.14. The minimum absolute atomic E-state index is 0.265. The first-order chi connectivity index (χ1) is 11.8. The van der Waals surface area contributed by atoms with E-state index in [1.807, 2.05) is 6.92 Å². The van der Waals surface area contributed by atoms with E-state index in [0.717, 1.165) is 33.2 Å². The van der Waals surface area contributed by atoms with Crippen molar-refractivity contribution in [2.75, 3.05) is 12.4 Å². The van der Waals surface area contributed by atoms with Gasteiger partial charge in [-0.3, -0.25) is 9.78 Å². The van der Waals surface area contributed by atoms with Gasteiger partial charge in [-0.05, 0) is 72.5 Å². The maximum atomic E-state index is 13.0. The Morgan fingerprint density at radius 1 is 1.20 bits per heavy atom. The van der Waals surface area contributed by atoms with Crippen molar-refractivity contribution in [3.8, 4) is 5.75 Å². The summed E-state index contributed by atoms with van der Waals surface area (Å²) in [5, 5.41) is 3.35. The van der Waals surface area contributed by atoms with Gasteiger partial charge >= 0.3 is 0 Å². The van der Waals surface area contributed by atoms with Crippen LogP contribution in [0.1, 0.15) is 46.7 Å². The molecule has 25 heavy (non-hydrogen) atoms. The molecule has 2 rings (SSSR count). The highest BCUT2D eigenvalue weighted by atomic mass is 127. The van der Waals surface area contributed by atoms with E-state index in [2.05, 4.69) is 58.9 Å². The smallest absolute Gasteiger partial charge is 0.259 e. The fraction of sp³-hybridized carbons (Fsp3) is 0.368. The lowest BCUT2D eigenvalue weighted by atomic mass is 10.0. The number of rotatable bonds is 5. The highest BCUT2D eigenvalue weighted by Crippen LogP contribution is 2.33. The monoisotopic (exact) mass is 472 g/mol. The first-order valence-corrected chi connectivity index (χ1v) is 9.62. The second-order valence-electron chi connectivity index (χ2n) is 5.77. The lowest BCUT2D eigenvalue weighted by Gasteiger charge is -2.18. The first-order valence-electron chi connectivity index (χ1n) is 8.17. The molecule has 2 aromatic rings. The van der Waals surface area contributed by atoms with Crippen molar-refractivity contribution in [3.05, 3.63) is 48.8 Å². The molecule has 4 nitrogen and oxygen atoms in total. The molecule has 0 unspecified atom stereocenters. The van der Waals surface area contributed by atoms with Crippen LogP contribution in [0.3, 0.4) is 0 Å². The van der Waals surface area contributed by atoms with Crippen LogP contribution in [-0.2, 0) is 12.8 Å². The van der Waals surface area contributed by atoms with Crippen LogP contribution < -0.4 is 10.1 Å². The van der Waals surface area contributed by atoms with E-state index in [1.165, 1.54) is 7.11 Å². The second-order valence-corrected chi connectivity index (χ2v) is 7.39. The number of amides is 1. The molecule has 1 aromatic heterocycles. The van der Waals surface area contributed by atoms with Gasteiger partial charge in [-0.1, -0.05) is 25.4 Å². The van der Waals surface area contributed by atoms with E-state index in [0.29, 0.717) is 27.7 Å². The molecule has 1 aromatic carbocycles. The van der Waals surface area contributed by atoms with Crippen molar-refractivity contribution in [2.24, 2.45) is 0 Å². The quantitative estimate of drug-likeness (QED) is 0.598. The molecule has 0 bridgehead atoms. The number of ether oxygens (including phenoxy) is 1. The number of hydrogen-bond acceptors (Lipinski definition) is 3. The summed E-state index contributed by atoms with van der Waals surface area (Å²) in [6, 6.07) is 4.19. The van der Waals surface area contributed by atoms with Crippen LogP contribution in [0, 0.1) is 17.4 Å². The zero-order valence-corrected chi connectivity index (χ0v) is 18.0. The fourth-order valence-corrected chi connectivity index (χ4v) is 4.10. The number of carbonyl (C=O) groups excluding carboxylic acids is 1. The lowest BCUT2D eigenvalue weighted by molar-refractivity contribution is 0.102. The molecule has 0 aliphatic heterocycles. The summed E-state index contributed by atoms with van der Waals surface area (Å²) >= 11 is 8.73. The summed E-state index contributed by atoms with van der Waals surface area (Å²) < 4.78 is 6.47. The number of nitrogens with zero attached hydrogens (tertiary/aromatic N) is 1. The molecule has 1 N–H and O–H groups in total. The first kappa shape index (κ1) is 20.0. The predicted octanol–water partition coefficient (Wildman–Crippen LogP) is 5.34. The van der Waals surface area contributed by atoms with Crippen molar-refractivity contribution in [1.29, 1.82) is 0 Å². The number of carbonyl (C=O) groups is 1. The van der Waals surface area contributed by atoms with Crippen molar-refractivity contribution < 1.29 is 9.53 Å². The number of aromatic nitrogens is 1. The number of aryl methyl sites for hydroxylation is 4. The van der Waals surface area contributed by atoms with Gasteiger partial charge in [0.1, 0.15) is 0 Å². The van der Waals surface area contributed by atoms with E-state index in [9.17, 15) is 4.79 Å². The minimum Gasteiger partial charge on any atom is -0.493 e. The second kappa shape index (κ2) is 8.36. The Hall–Kier alpha value is -1.34. The number of hydrogen-bond donors (Lipinski definition) is 1. The van der Waals surface area contributed by atoms with E-state index < -0.39 is 0 Å². The van der Waals surface area contributed by atoms with Crippen LogP contribution in [0.2, 0.25) is 5.02 Å². The molecule has 0 aliphatic carbocycles. The highest BCUT2D eigenvalue weighted by Gasteiger charge is 2.22. The van der Waals surface area contributed by atoms with E-state index in [4.69, 9.17) is 16.3 Å². The topological polar surface area (TPSA) is 51.2 Å². The standard InChI is InChI=1S/C19H22ClIN2O2/c1-6-12-8-14(21)9-13(7-2)17(12)23-19(24)15-10(3)22-11(4)18(25-5)16(15)20/h8-9H,6-7H2,1-5H3,(H,23,24). The lowest BCUT2D eigenvalue weighted by Crippen LogP contribution is -2.18. The van der Waals surface area contributed by atoms with Crippen LogP contribution in [0.4, 0.5) is 5.69 Å². The molecular formula is C19H22ClIN2O2. The summed E-state index contributed by atoms with van der Waals surface area (Å²) in [4.78, 5) is 17.4. The van der Waals surface area contributed by atoms with E-state index >= 15 is 0 Å². The van der Waals surface area contributed by atoms with Gasteiger partial charge in [0.2, 0.25) is 0 Å². The van der Waals surface area contributed by atoms with Gasteiger partial charge in [0.25, 0.3) is 5.91 Å². The summed E-state index contributed by atoms with van der Waals surface area (Å²) in [5.74, 6) is 0.172. The molecule has 1 heterocycles. The maximum absolute atomic E-state index is 13.0. The molecule has 0 spiro atoms. The normalized spacial score (nSPS) is 10.7. The molecular weight excluding hydrogens is 451 g/mol. The zero-order chi connectivity index (χ0) is 18.7. The van der Waals surface area contributed by atoms with Crippen LogP contribution in [-0.4, -0.2) is 18.0 Å². The van der Waals surface area contributed by atoms with Gasteiger partial charge in [-0.2, -0.15) is 0 Å². The number of halogens is 2. The van der Waals surface area contributed by atoms with Crippen LogP contribution in [0.5, 0.6) is 5.75 Å². The largest absolute Gasteiger partial charge is 0.493 e. The fourth-order valence-electron chi connectivity index (χ4n) is 2.91. The number of benzene rings is 1. The SMILES string of the molecule is CCc1cc(I)cc(CC)c1NC(=O)c1c(C)nc(C)c(OC)c1Cl.